The molecule has 0 radical (unpaired) electrons. The Bertz CT molecular complexity index is 480. The molecule has 0 saturated carbocycles. The largest absolute Gasteiger partial charge is 0.474 e. The van der Waals surface area contributed by atoms with Crippen molar-refractivity contribution in [1.29, 1.82) is 0 Å². The number of likely N-dealkylation sites (tertiary alicyclic amines) is 1. The number of hydrogen-bond donors (Lipinski definition) is 1. The van der Waals surface area contributed by atoms with Gasteiger partial charge in [-0.1, -0.05) is 0 Å². The van der Waals surface area contributed by atoms with Crippen molar-refractivity contribution in [3.05, 3.63) is 18.3 Å². The van der Waals surface area contributed by atoms with E-state index in [0.717, 1.165) is 56.6 Å². The first-order valence-electron chi connectivity index (χ1n) is 9.34. The van der Waals surface area contributed by atoms with Crippen LogP contribution in [0.5, 0.6) is 5.88 Å². The Labute approximate surface area is 145 Å². The molecule has 1 aromatic rings. The lowest BCUT2D eigenvalue weighted by atomic mass is 9.93. The van der Waals surface area contributed by atoms with E-state index in [4.69, 9.17) is 9.47 Å². The molecule has 24 heavy (non-hydrogen) atoms. The van der Waals surface area contributed by atoms with E-state index in [2.05, 4.69) is 35.2 Å². The van der Waals surface area contributed by atoms with Crippen LogP contribution in [0.25, 0.3) is 0 Å². The van der Waals surface area contributed by atoms with Gasteiger partial charge in [0.05, 0.1) is 11.9 Å². The minimum Gasteiger partial charge on any atom is -0.474 e. The third-order valence-corrected chi connectivity index (χ3v) is 5.13. The van der Waals surface area contributed by atoms with Gasteiger partial charge in [-0.15, -0.1) is 0 Å². The highest BCUT2D eigenvalue weighted by Crippen LogP contribution is 2.23. The summed E-state index contributed by atoms with van der Waals surface area (Å²) in [6.07, 6.45) is 7.93. The number of rotatable bonds is 6. The highest BCUT2D eigenvalue weighted by atomic mass is 16.5. The number of pyridine rings is 1. The van der Waals surface area contributed by atoms with Gasteiger partial charge in [0.1, 0.15) is 6.10 Å². The van der Waals surface area contributed by atoms with E-state index in [-0.39, 0.29) is 0 Å². The highest BCUT2D eigenvalue weighted by Gasteiger charge is 2.19. The smallest absolute Gasteiger partial charge is 0.213 e. The SMILES string of the molecule is C[C@@H](CC1CCOCC1)Nc1ccc(OC2CCN(C)CC2)nc1. The van der Waals surface area contributed by atoms with Crippen LogP contribution in [0.2, 0.25) is 0 Å². The molecule has 1 aromatic heterocycles. The van der Waals surface area contributed by atoms with Crippen molar-refractivity contribution in [2.75, 3.05) is 38.7 Å². The Balaban J connectivity index is 1.43. The Morgan fingerprint density at radius 3 is 2.67 bits per heavy atom. The topological polar surface area (TPSA) is 46.6 Å². The fraction of sp³-hybridized carbons (Fsp3) is 0.737. The molecule has 3 rings (SSSR count). The molecule has 0 aliphatic carbocycles. The van der Waals surface area contributed by atoms with Crippen LogP contribution in [0.3, 0.4) is 0 Å². The number of anilines is 1. The Hall–Kier alpha value is -1.33. The third kappa shape index (κ3) is 5.35. The summed E-state index contributed by atoms with van der Waals surface area (Å²) in [5, 5.41) is 3.56. The monoisotopic (exact) mass is 333 g/mol. The quantitative estimate of drug-likeness (QED) is 0.866. The fourth-order valence-corrected chi connectivity index (χ4v) is 3.63. The minimum atomic E-state index is 0.306. The van der Waals surface area contributed by atoms with Crippen molar-refractivity contribution in [3.8, 4) is 5.88 Å². The Morgan fingerprint density at radius 1 is 1.25 bits per heavy atom. The fourth-order valence-electron chi connectivity index (χ4n) is 3.63. The van der Waals surface area contributed by atoms with Crippen molar-refractivity contribution in [3.63, 3.8) is 0 Å². The maximum atomic E-state index is 6.01. The first-order valence-corrected chi connectivity index (χ1v) is 9.34. The van der Waals surface area contributed by atoms with Crippen molar-refractivity contribution >= 4 is 5.69 Å². The molecule has 0 amide bonds. The molecule has 0 spiro atoms. The molecule has 5 heteroatoms. The molecule has 134 valence electrons. The predicted octanol–water partition coefficient (Wildman–Crippen LogP) is 3.17. The van der Waals surface area contributed by atoms with E-state index in [1.54, 1.807) is 0 Å². The van der Waals surface area contributed by atoms with E-state index in [1.807, 2.05) is 12.3 Å². The van der Waals surface area contributed by atoms with Gasteiger partial charge in [-0.05, 0) is 58.1 Å². The van der Waals surface area contributed by atoms with Crippen LogP contribution in [-0.4, -0.2) is 55.4 Å². The van der Waals surface area contributed by atoms with Gasteiger partial charge in [-0.2, -0.15) is 0 Å². The molecule has 0 unspecified atom stereocenters. The number of hydrogen-bond acceptors (Lipinski definition) is 5. The maximum Gasteiger partial charge on any atom is 0.213 e. The van der Waals surface area contributed by atoms with Gasteiger partial charge in [-0.25, -0.2) is 4.98 Å². The van der Waals surface area contributed by atoms with Crippen molar-refractivity contribution < 1.29 is 9.47 Å². The zero-order valence-electron chi connectivity index (χ0n) is 15.0. The van der Waals surface area contributed by atoms with Crippen LogP contribution < -0.4 is 10.1 Å². The van der Waals surface area contributed by atoms with E-state index in [9.17, 15) is 0 Å². The van der Waals surface area contributed by atoms with Gasteiger partial charge in [0.2, 0.25) is 5.88 Å². The molecule has 0 bridgehead atoms. The number of nitrogens with zero attached hydrogens (tertiary/aromatic N) is 2. The first kappa shape index (κ1) is 17.5. The van der Waals surface area contributed by atoms with Crippen LogP contribution >= 0.6 is 0 Å². The lowest BCUT2D eigenvalue weighted by molar-refractivity contribution is 0.0629. The molecule has 1 N–H and O–H groups in total. The van der Waals surface area contributed by atoms with Crippen molar-refractivity contribution in [2.24, 2.45) is 5.92 Å². The molecule has 3 heterocycles. The molecular formula is C19H31N3O2. The molecule has 5 nitrogen and oxygen atoms in total. The lowest BCUT2D eigenvalue weighted by Crippen LogP contribution is -2.35. The average Bonchev–Trinajstić information content (AvgIpc) is 2.59. The molecule has 0 aromatic carbocycles. The first-order chi connectivity index (χ1) is 11.7. The van der Waals surface area contributed by atoms with Crippen LogP contribution in [0.1, 0.15) is 39.0 Å². The maximum absolute atomic E-state index is 6.01. The van der Waals surface area contributed by atoms with Gasteiger partial charge in [-0.3, -0.25) is 0 Å². The average molecular weight is 333 g/mol. The van der Waals surface area contributed by atoms with E-state index in [0.29, 0.717) is 12.1 Å². The summed E-state index contributed by atoms with van der Waals surface area (Å²) in [4.78, 5) is 6.82. The van der Waals surface area contributed by atoms with Gasteiger partial charge < -0.3 is 19.7 Å². The second-order valence-electron chi connectivity index (χ2n) is 7.34. The lowest BCUT2D eigenvalue weighted by Gasteiger charge is -2.29. The van der Waals surface area contributed by atoms with Gasteiger partial charge in [0, 0.05) is 38.4 Å². The molecule has 1 atom stereocenters. The summed E-state index contributed by atoms with van der Waals surface area (Å²) in [7, 11) is 2.16. The van der Waals surface area contributed by atoms with Gasteiger partial charge in [0.25, 0.3) is 0 Å². The van der Waals surface area contributed by atoms with E-state index >= 15 is 0 Å². The Morgan fingerprint density at radius 2 is 2.00 bits per heavy atom. The third-order valence-electron chi connectivity index (χ3n) is 5.13. The van der Waals surface area contributed by atoms with Gasteiger partial charge in [0.15, 0.2) is 0 Å². The van der Waals surface area contributed by atoms with E-state index in [1.165, 1.54) is 19.3 Å². The summed E-state index contributed by atoms with van der Waals surface area (Å²) >= 11 is 0. The van der Waals surface area contributed by atoms with E-state index < -0.39 is 0 Å². The molecule has 2 aliphatic rings. The molecule has 2 saturated heterocycles. The van der Waals surface area contributed by atoms with Crippen molar-refractivity contribution in [2.45, 2.75) is 51.2 Å². The molecule has 2 fully saturated rings. The van der Waals surface area contributed by atoms with Crippen LogP contribution in [0.4, 0.5) is 5.69 Å². The normalized spacial score (nSPS) is 22.2. The standard InChI is InChI=1S/C19H31N3O2/c1-15(13-16-7-11-23-12-8-16)21-17-3-4-19(20-14-17)24-18-5-9-22(2)10-6-18/h3-4,14-16,18,21H,5-13H2,1-2H3/t15-/m0/s1. The van der Waals surface area contributed by atoms with Crippen molar-refractivity contribution in [1.82, 2.24) is 9.88 Å². The minimum absolute atomic E-state index is 0.306. The summed E-state index contributed by atoms with van der Waals surface area (Å²) in [6.45, 7) is 6.30. The molecular weight excluding hydrogens is 302 g/mol. The predicted molar refractivity (Wildman–Crippen MR) is 96.6 cm³/mol. The zero-order valence-corrected chi connectivity index (χ0v) is 15.0. The molecule has 2 aliphatic heterocycles. The summed E-state index contributed by atoms with van der Waals surface area (Å²) in [6, 6.07) is 4.52. The van der Waals surface area contributed by atoms with Crippen LogP contribution in [0, 0.1) is 5.92 Å². The summed E-state index contributed by atoms with van der Waals surface area (Å²) < 4.78 is 11.4. The van der Waals surface area contributed by atoms with Crippen LogP contribution in [0.15, 0.2) is 18.3 Å². The Kier molecular flexibility index (Phi) is 6.32. The number of nitrogens with one attached hydrogen (secondary N) is 1. The zero-order chi connectivity index (χ0) is 16.8. The highest BCUT2D eigenvalue weighted by molar-refractivity contribution is 5.42. The number of ether oxygens (including phenoxy) is 2. The van der Waals surface area contributed by atoms with Crippen LogP contribution in [-0.2, 0) is 4.74 Å². The number of aromatic nitrogens is 1. The van der Waals surface area contributed by atoms with Gasteiger partial charge >= 0.3 is 0 Å². The summed E-state index contributed by atoms with van der Waals surface area (Å²) in [5.74, 6) is 1.52. The number of piperidine rings is 1. The second-order valence-corrected chi connectivity index (χ2v) is 7.34. The second kappa shape index (κ2) is 8.67. The summed E-state index contributed by atoms with van der Waals surface area (Å²) in [5.41, 5.74) is 1.07.